The average Bonchev–Trinajstić information content (AvgIpc) is 3.35. The van der Waals surface area contributed by atoms with Gasteiger partial charge >= 0.3 is 12.0 Å². The Labute approximate surface area is 197 Å². The molecule has 0 radical (unpaired) electrons. The first kappa shape index (κ1) is 22.7. The van der Waals surface area contributed by atoms with Crippen LogP contribution in [-0.4, -0.2) is 28.8 Å². The first-order chi connectivity index (χ1) is 16.6. The summed E-state index contributed by atoms with van der Waals surface area (Å²) >= 11 is 0. The van der Waals surface area contributed by atoms with Gasteiger partial charge in [-0.05, 0) is 42.3 Å². The molecule has 0 aliphatic rings. The third-order valence-electron chi connectivity index (χ3n) is 4.98. The molecule has 1 atom stereocenters. The van der Waals surface area contributed by atoms with Crippen LogP contribution in [0.4, 0.5) is 10.5 Å². The van der Waals surface area contributed by atoms with Crippen LogP contribution in [0.3, 0.4) is 0 Å². The Morgan fingerprint density at radius 2 is 1.59 bits per heavy atom. The van der Waals surface area contributed by atoms with E-state index in [1.54, 1.807) is 31.2 Å². The summed E-state index contributed by atoms with van der Waals surface area (Å²) in [5.74, 6) is 0.349. The zero-order chi connectivity index (χ0) is 23.8. The normalized spacial score (nSPS) is 11.4. The zero-order valence-corrected chi connectivity index (χ0v) is 18.6. The van der Waals surface area contributed by atoms with Crippen LogP contribution in [0.15, 0.2) is 89.3 Å². The predicted molar refractivity (Wildman–Crippen MR) is 127 cm³/mol. The van der Waals surface area contributed by atoms with Gasteiger partial charge in [-0.1, -0.05) is 60.7 Å². The molecule has 0 fully saturated rings. The smallest absolute Gasteiger partial charge is 0.320 e. The van der Waals surface area contributed by atoms with E-state index in [0.29, 0.717) is 18.2 Å². The van der Waals surface area contributed by atoms with Crippen LogP contribution in [0, 0.1) is 0 Å². The highest BCUT2D eigenvalue weighted by Gasteiger charge is 2.23. The number of nitrogens with one attached hydrogen (secondary N) is 2. The Hall–Kier alpha value is -4.46. The molecule has 4 aromatic rings. The van der Waals surface area contributed by atoms with E-state index in [1.165, 1.54) is 0 Å². The van der Waals surface area contributed by atoms with Crippen molar-refractivity contribution in [1.82, 2.24) is 15.5 Å². The molecule has 0 aliphatic carbocycles. The number of rotatable bonds is 8. The molecule has 4 rings (SSSR count). The lowest BCUT2D eigenvalue weighted by Crippen LogP contribution is -2.33. The van der Waals surface area contributed by atoms with E-state index >= 15 is 0 Å². The summed E-state index contributed by atoms with van der Waals surface area (Å²) in [6.07, 6.45) is 0.178. The minimum absolute atomic E-state index is 0.178. The summed E-state index contributed by atoms with van der Waals surface area (Å²) in [5, 5.41) is 14.0. The summed E-state index contributed by atoms with van der Waals surface area (Å²) in [7, 11) is 0. The molecule has 2 amide bonds. The molecule has 8 nitrogen and oxygen atoms in total. The SMILES string of the molecule is CCOC(=O)Cc1ccc(NC(=O)NC(c2ccccc2)c2nnc(-c3ccccc3)o2)cc1. The van der Waals surface area contributed by atoms with Gasteiger partial charge in [-0.25, -0.2) is 4.79 Å². The van der Waals surface area contributed by atoms with Crippen molar-refractivity contribution in [1.29, 1.82) is 0 Å². The van der Waals surface area contributed by atoms with Gasteiger partial charge in [0, 0.05) is 11.3 Å². The molecule has 34 heavy (non-hydrogen) atoms. The number of urea groups is 1. The fourth-order valence-corrected chi connectivity index (χ4v) is 3.36. The minimum atomic E-state index is -0.644. The number of anilines is 1. The average molecular weight is 457 g/mol. The van der Waals surface area contributed by atoms with Gasteiger partial charge in [0.1, 0.15) is 6.04 Å². The topological polar surface area (TPSA) is 106 Å². The van der Waals surface area contributed by atoms with E-state index in [1.807, 2.05) is 60.7 Å². The molecule has 0 spiro atoms. The van der Waals surface area contributed by atoms with Crippen molar-refractivity contribution in [3.63, 3.8) is 0 Å². The molecule has 3 aromatic carbocycles. The van der Waals surface area contributed by atoms with Crippen LogP contribution in [0.5, 0.6) is 0 Å². The van der Waals surface area contributed by atoms with Gasteiger partial charge in [-0.2, -0.15) is 0 Å². The first-order valence-corrected chi connectivity index (χ1v) is 10.9. The number of benzene rings is 3. The van der Waals surface area contributed by atoms with Gasteiger partial charge in [-0.15, -0.1) is 10.2 Å². The second-order valence-electron chi connectivity index (χ2n) is 7.43. The number of hydrogen-bond donors (Lipinski definition) is 2. The monoisotopic (exact) mass is 456 g/mol. The van der Waals surface area contributed by atoms with Crippen LogP contribution in [0.2, 0.25) is 0 Å². The summed E-state index contributed by atoms with van der Waals surface area (Å²) < 4.78 is 10.9. The van der Waals surface area contributed by atoms with Gasteiger partial charge in [0.25, 0.3) is 0 Å². The van der Waals surface area contributed by atoms with Gasteiger partial charge < -0.3 is 19.8 Å². The molecule has 1 unspecified atom stereocenters. The maximum atomic E-state index is 12.8. The maximum absolute atomic E-state index is 12.8. The van der Waals surface area contributed by atoms with E-state index < -0.39 is 12.1 Å². The zero-order valence-electron chi connectivity index (χ0n) is 18.6. The van der Waals surface area contributed by atoms with Crippen molar-refractivity contribution >= 4 is 17.7 Å². The van der Waals surface area contributed by atoms with Crippen LogP contribution >= 0.6 is 0 Å². The number of ether oxygens (including phenoxy) is 1. The second-order valence-corrected chi connectivity index (χ2v) is 7.43. The van der Waals surface area contributed by atoms with Crippen LogP contribution < -0.4 is 10.6 Å². The largest absolute Gasteiger partial charge is 0.466 e. The summed E-state index contributed by atoms with van der Waals surface area (Å²) in [6.45, 7) is 2.11. The van der Waals surface area contributed by atoms with Crippen LogP contribution in [-0.2, 0) is 16.0 Å². The molecule has 0 saturated heterocycles. The molecule has 8 heteroatoms. The van der Waals surface area contributed by atoms with Gasteiger partial charge in [0.15, 0.2) is 0 Å². The van der Waals surface area contributed by atoms with Gasteiger partial charge in [0.2, 0.25) is 11.8 Å². The third kappa shape index (κ3) is 5.86. The summed E-state index contributed by atoms with van der Waals surface area (Å²) in [6, 6.07) is 24.7. The standard InChI is InChI=1S/C26H24N4O4/c1-2-33-22(31)17-18-13-15-21(16-14-18)27-26(32)28-23(19-9-5-3-6-10-19)25-30-29-24(34-25)20-11-7-4-8-12-20/h3-16,23H,2,17H2,1H3,(H2,27,28,32). The minimum Gasteiger partial charge on any atom is -0.466 e. The molecule has 1 heterocycles. The van der Waals surface area contributed by atoms with E-state index in [0.717, 1.165) is 16.7 Å². The van der Waals surface area contributed by atoms with Crippen molar-refractivity contribution in [2.24, 2.45) is 0 Å². The van der Waals surface area contributed by atoms with E-state index in [-0.39, 0.29) is 18.3 Å². The van der Waals surface area contributed by atoms with Crippen molar-refractivity contribution in [2.75, 3.05) is 11.9 Å². The number of aromatic nitrogens is 2. The number of nitrogens with zero attached hydrogens (tertiary/aromatic N) is 2. The Morgan fingerprint density at radius 1 is 0.912 bits per heavy atom. The lowest BCUT2D eigenvalue weighted by molar-refractivity contribution is -0.142. The van der Waals surface area contributed by atoms with Gasteiger partial charge in [0.05, 0.1) is 13.0 Å². The highest BCUT2D eigenvalue weighted by molar-refractivity contribution is 5.89. The van der Waals surface area contributed by atoms with Crippen molar-refractivity contribution in [3.8, 4) is 11.5 Å². The number of esters is 1. The molecule has 0 saturated carbocycles. The third-order valence-corrected chi connectivity index (χ3v) is 4.98. The molecular formula is C26H24N4O4. The fraction of sp³-hybridized carbons (Fsp3) is 0.154. The molecule has 172 valence electrons. The Kier molecular flexibility index (Phi) is 7.29. The molecule has 1 aromatic heterocycles. The lowest BCUT2D eigenvalue weighted by Gasteiger charge is -2.16. The van der Waals surface area contributed by atoms with Crippen LogP contribution in [0.25, 0.3) is 11.5 Å². The summed E-state index contributed by atoms with van der Waals surface area (Å²) in [4.78, 5) is 24.4. The van der Waals surface area contributed by atoms with E-state index in [9.17, 15) is 9.59 Å². The van der Waals surface area contributed by atoms with Crippen molar-refractivity contribution in [2.45, 2.75) is 19.4 Å². The maximum Gasteiger partial charge on any atom is 0.320 e. The van der Waals surface area contributed by atoms with Gasteiger partial charge in [-0.3, -0.25) is 4.79 Å². The molecule has 0 bridgehead atoms. The quantitative estimate of drug-likeness (QED) is 0.371. The number of hydrogen-bond acceptors (Lipinski definition) is 6. The lowest BCUT2D eigenvalue weighted by atomic mass is 10.1. The predicted octanol–water partition coefficient (Wildman–Crippen LogP) is 4.75. The first-order valence-electron chi connectivity index (χ1n) is 10.9. The Bertz CT molecular complexity index is 1220. The number of carbonyl (C=O) groups is 2. The molecule has 2 N–H and O–H groups in total. The number of amides is 2. The highest BCUT2D eigenvalue weighted by atomic mass is 16.5. The van der Waals surface area contributed by atoms with E-state index in [2.05, 4.69) is 20.8 Å². The second kappa shape index (κ2) is 10.9. The van der Waals surface area contributed by atoms with E-state index in [4.69, 9.17) is 9.15 Å². The Morgan fingerprint density at radius 3 is 2.26 bits per heavy atom. The van der Waals surface area contributed by atoms with Crippen molar-refractivity contribution < 1.29 is 18.7 Å². The molecular weight excluding hydrogens is 432 g/mol. The Balaban J connectivity index is 1.48. The number of carbonyl (C=O) groups excluding carboxylic acids is 2. The molecule has 0 aliphatic heterocycles. The van der Waals surface area contributed by atoms with Crippen molar-refractivity contribution in [3.05, 3.63) is 102 Å². The highest BCUT2D eigenvalue weighted by Crippen LogP contribution is 2.25. The fourth-order valence-electron chi connectivity index (χ4n) is 3.36. The van der Waals surface area contributed by atoms with Crippen LogP contribution in [0.1, 0.15) is 30.0 Å². The summed E-state index contributed by atoms with van der Waals surface area (Å²) in [5.41, 5.74) is 2.96.